The molecular formula is C21H32N6OS+2. The lowest BCUT2D eigenvalue weighted by Crippen LogP contribution is -3.05. The standard InChI is InChI=1S/C21H30N6OS/c1-4-28-18-7-8-19-16(14-18)13-17(15-22)20(26-19)23-9-5-10-24-21(29)25-11-6-12-27(2)3/h7-8,13-14H,4-6,9-12H2,1-3H3,(H,23,26)(H2,24,25,29)/p+2. The van der Waals surface area contributed by atoms with Gasteiger partial charge in [0.25, 0.3) is 5.82 Å². The van der Waals surface area contributed by atoms with Crippen molar-refractivity contribution in [1.29, 1.82) is 5.26 Å². The van der Waals surface area contributed by atoms with Gasteiger partial charge in [0.15, 0.2) is 5.11 Å². The minimum atomic E-state index is 0.583. The molecule has 0 unspecified atom stereocenters. The van der Waals surface area contributed by atoms with Crippen molar-refractivity contribution in [1.82, 2.24) is 10.6 Å². The number of nitrogens with one attached hydrogen (secondary N) is 5. The van der Waals surface area contributed by atoms with E-state index in [1.807, 2.05) is 31.2 Å². The van der Waals surface area contributed by atoms with Gasteiger partial charge in [-0.15, -0.1) is 0 Å². The lowest BCUT2D eigenvalue weighted by molar-refractivity contribution is -0.858. The van der Waals surface area contributed by atoms with Crippen LogP contribution in [0.4, 0.5) is 5.82 Å². The first-order valence-electron chi connectivity index (χ1n) is 10.1. The quantitative estimate of drug-likeness (QED) is 0.319. The summed E-state index contributed by atoms with van der Waals surface area (Å²) in [7, 11) is 4.29. The molecule has 0 aliphatic carbocycles. The first-order valence-corrected chi connectivity index (χ1v) is 10.5. The molecular weight excluding hydrogens is 384 g/mol. The van der Waals surface area contributed by atoms with E-state index in [9.17, 15) is 5.26 Å². The maximum Gasteiger partial charge on any atom is 0.290 e. The minimum Gasteiger partial charge on any atom is -0.494 e. The molecule has 0 saturated heterocycles. The number of nitriles is 1. The van der Waals surface area contributed by atoms with Gasteiger partial charge in [-0.2, -0.15) is 5.26 Å². The van der Waals surface area contributed by atoms with Crippen LogP contribution in [0.5, 0.6) is 5.75 Å². The first kappa shape index (κ1) is 22.7. The van der Waals surface area contributed by atoms with Gasteiger partial charge in [-0.05, 0) is 43.4 Å². The molecule has 0 fully saturated rings. The maximum atomic E-state index is 9.48. The van der Waals surface area contributed by atoms with Gasteiger partial charge in [0.05, 0.1) is 33.8 Å². The highest BCUT2D eigenvalue weighted by molar-refractivity contribution is 7.80. The number of benzene rings is 1. The van der Waals surface area contributed by atoms with Gasteiger partial charge in [0, 0.05) is 31.3 Å². The zero-order valence-corrected chi connectivity index (χ0v) is 18.3. The number of quaternary nitrogens is 1. The number of pyridine rings is 1. The summed E-state index contributed by atoms with van der Waals surface area (Å²) in [4.78, 5) is 4.75. The fourth-order valence-electron chi connectivity index (χ4n) is 2.90. The largest absolute Gasteiger partial charge is 0.494 e. The van der Waals surface area contributed by atoms with Crippen molar-refractivity contribution in [3.8, 4) is 11.8 Å². The fraction of sp³-hybridized carbons (Fsp3) is 0.476. The normalized spacial score (nSPS) is 10.6. The molecule has 0 radical (unpaired) electrons. The van der Waals surface area contributed by atoms with Gasteiger partial charge < -0.3 is 20.3 Å². The van der Waals surface area contributed by atoms with Crippen LogP contribution in [-0.2, 0) is 0 Å². The summed E-state index contributed by atoms with van der Waals surface area (Å²) in [5.74, 6) is 1.53. The first-order chi connectivity index (χ1) is 14.0. The summed E-state index contributed by atoms with van der Waals surface area (Å²) in [5, 5.41) is 20.9. The Hall–Kier alpha value is -2.63. The molecule has 7 nitrogen and oxygen atoms in total. The number of anilines is 1. The van der Waals surface area contributed by atoms with Crippen molar-refractivity contribution in [2.24, 2.45) is 0 Å². The molecule has 8 heteroatoms. The van der Waals surface area contributed by atoms with Crippen LogP contribution in [0.2, 0.25) is 0 Å². The van der Waals surface area contributed by atoms with Gasteiger partial charge in [0.1, 0.15) is 22.9 Å². The van der Waals surface area contributed by atoms with Gasteiger partial charge in [-0.25, -0.2) is 4.98 Å². The lowest BCUT2D eigenvalue weighted by Gasteiger charge is -2.11. The Morgan fingerprint density at radius 3 is 2.62 bits per heavy atom. The van der Waals surface area contributed by atoms with Crippen LogP contribution >= 0.6 is 12.2 Å². The maximum absolute atomic E-state index is 9.48. The summed E-state index contributed by atoms with van der Waals surface area (Å²) in [6.45, 7) is 6.07. The van der Waals surface area contributed by atoms with Gasteiger partial charge in [0.2, 0.25) is 0 Å². The van der Waals surface area contributed by atoms with E-state index in [0.29, 0.717) is 17.3 Å². The van der Waals surface area contributed by atoms with E-state index in [-0.39, 0.29) is 0 Å². The smallest absolute Gasteiger partial charge is 0.290 e. The van der Waals surface area contributed by atoms with Crippen molar-refractivity contribution in [2.75, 3.05) is 52.2 Å². The van der Waals surface area contributed by atoms with E-state index in [1.54, 1.807) is 0 Å². The summed E-state index contributed by atoms with van der Waals surface area (Å²) in [5.41, 5.74) is 1.54. The Kier molecular flexibility index (Phi) is 9.41. The van der Waals surface area contributed by atoms with Crippen LogP contribution in [-0.4, -0.2) is 52.0 Å². The molecule has 1 heterocycles. The average Bonchev–Trinajstić information content (AvgIpc) is 2.70. The number of aromatic amines is 1. The fourth-order valence-corrected chi connectivity index (χ4v) is 3.10. The lowest BCUT2D eigenvalue weighted by atomic mass is 10.1. The number of nitrogens with zero attached hydrogens (tertiary/aromatic N) is 1. The van der Waals surface area contributed by atoms with E-state index in [0.717, 1.165) is 61.5 Å². The van der Waals surface area contributed by atoms with Crippen molar-refractivity contribution in [3.63, 3.8) is 0 Å². The van der Waals surface area contributed by atoms with E-state index in [4.69, 9.17) is 17.0 Å². The number of ether oxygens (including phenoxy) is 1. The molecule has 1 aromatic heterocycles. The molecule has 2 aromatic rings. The highest BCUT2D eigenvalue weighted by Crippen LogP contribution is 2.21. The van der Waals surface area contributed by atoms with E-state index in [1.165, 1.54) is 4.90 Å². The number of hydrogen-bond acceptors (Lipinski definition) is 4. The molecule has 0 saturated carbocycles. The molecule has 0 amide bonds. The van der Waals surface area contributed by atoms with E-state index >= 15 is 0 Å². The summed E-state index contributed by atoms with van der Waals surface area (Å²) in [6.07, 6.45) is 1.97. The summed E-state index contributed by atoms with van der Waals surface area (Å²) >= 11 is 5.29. The zero-order valence-electron chi connectivity index (χ0n) is 17.5. The number of hydrogen-bond donors (Lipinski definition) is 4. The van der Waals surface area contributed by atoms with Gasteiger partial charge in [-0.3, -0.25) is 5.32 Å². The molecule has 0 bridgehead atoms. The SMILES string of the molecule is CCOc1ccc2[nH+]c(NCCCNC(=S)NCCC[NH+](C)C)c(C#N)cc2c1. The van der Waals surface area contributed by atoms with Crippen molar-refractivity contribution in [2.45, 2.75) is 19.8 Å². The van der Waals surface area contributed by atoms with Crippen LogP contribution in [0.3, 0.4) is 0 Å². The molecule has 0 aliphatic heterocycles. The predicted molar refractivity (Wildman–Crippen MR) is 120 cm³/mol. The average molecular weight is 417 g/mol. The van der Waals surface area contributed by atoms with Crippen molar-refractivity contribution in [3.05, 3.63) is 29.8 Å². The summed E-state index contributed by atoms with van der Waals surface area (Å²) < 4.78 is 5.53. The predicted octanol–water partition coefficient (Wildman–Crippen LogP) is 0.725. The van der Waals surface area contributed by atoms with Crippen LogP contribution in [0.25, 0.3) is 10.9 Å². The topological polar surface area (TPSA) is 87.7 Å². The highest BCUT2D eigenvalue weighted by Gasteiger charge is 2.12. The number of aromatic nitrogens is 1. The molecule has 1 aromatic carbocycles. The minimum absolute atomic E-state index is 0.583. The second kappa shape index (κ2) is 12.0. The van der Waals surface area contributed by atoms with Crippen LogP contribution in [0.1, 0.15) is 25.3 Å². The van der Waals surface area contributed by atoms with Crippen LogP contribution < -0.4 is 30.6 Å². The Bertz CT molecular complexity index is 849. The Morgan fingerprint density at radius 1 is 1.17 bits per heavy atom. The number of thiocarbonyl (C=S) groups is 1. The second-order valence-corrected chi connectivity index (χ2v) is 7.53. The van der Waals surface area contributed by atoms with Crippen molar-refractivity contribution >= 4 is 34.1 Å². The zero-order chi connectivity index (χ0) is 21.1. The molecule has 29 heavy (non-hydrogen) atoms. The third kappa shape index (κ3) is 7.72. The van der Waals surface area contributed by atoms with Crippen molar-refractivity contribution < 1.29 is 14.6 Å². The van der Waals surface area contributed by atoms with E-state index in [2.05, 4.69) is 41.1 Å². The number of H-pyrrole nitrogens is 1. The van der Waals surface area contributed by atoms with Crippen LogP contribution in [0, 0.1) is 11.3 Å². The van der Waals surface area contributed by atoms with Gasteiger partial charge >= 0.3 is 0 Å². The third-order valence-corrected chi connectivity index (χ3v) is 4.65. The molecule has 2 rings (SSSR count). The molecule has 0 atom stereocenters. The van der Waals surface area contributed by atoms with Crippen LogP contribution in [0.15, 0.2) is 24.3 Å². The number of fused-ring (bicyclic) bond motifs is 1. The second-order valence-electron chi connectivity index (χ2n) is 7.13. The Balaban J connectivity index is 1.79. The Morgan fingerprint density at radius 2 is 1.93 bits per heavy atom. The molecule has 0 spiro atoms. The molecule has 156 valence electrons. The van der Waals surface area contributed by atoms with E-state index < -0.39 is 0 Å². The summed E-state index contributed by atoms with van der Waals surface area (Å²) in [6, 6.07) is 9.97. The third-order valence-electron chi connectivity index (χ3n) is 4.36. The number of rotatable bonds is 11. The molecule has 0 aliphatic rings. The molecule has 5 N–H and O–H groups in total. The monoisotopic (exact) mass is 416 g/mol. The Labute approximate surface area is 178 Å². The highest BCUT2D eigenvalue weighted by atomic mass is 32.1. The van der Waals surface area contributed by atoms with Gasteiger partial charge in [-0.1, -0.05) is 0 Å².